The van der Waals surface area contributed by atoms with E-state index in [1.807, 2.05) is 31.2 Å². The van der Waals surface area contributed by atoms with Gasteiger partial charge in [-0.2, -0.15) is 20.2 Å². The Bertz CT molecular complexity index is 1900. The quantitative estimate of drug-likeness (QED) is 0.0865. The third-order valence-corrected chi connectivity index (χ3v) is 10.1. The first-order chi connectivity index (χ1) is 22.9. The average Bonchev–Trinajstić information content (AvgIpc) is 3.10. The molecule has 0 aliphatic carbocycles. The summed E-state index contributed by atoms with van der Waals surface area (Å²) in [6.07, 6.45) is 1.34. The molecule has 0 unspecified atom stereocenters. The Labute approximate surface area is 281 Å². The van der Waals surface area contributed by atoms with Crippen LogP contribution < -0.4 is 30.3 Å². The van der Waals surface area contributed by atoms with Crippen molar-refractivity contribution in [1.82, 2.24) is 19.4 Å². The van der Waals surface area contributed by atoms with Crippen molar-refractivity contribution in [3.8, 4) is 5.75 Å². The molecule has 4 aromatic rings. The van der Waals surface area contributed by atoms with Gasteiger partial charge in [0.15, 0.2) is 11.6 Å². The fourth-order valence-corrected chi connectivity index (χ4v) is 5.93. The van der Waals surface area contributed by atoms with Crippen LogP contribution in [0.3, 0.4) is 0 Å². The van der Waals surface area contributed by atoms with Gasteiger partial charge in [0.05, 0.1) is 34.0 Å². The highest BCUT2D eigenvalue weighted by Gasteiger charge is 2.17. The molecular weight excluding hydrogens is 655 g/mol. The number of benzene rings is 3. The second-order valence-electron chi connectivity index (χ2n) is 10.4. The summed E-state index contributed by atoms with van der Waals surface area (Å²) in [5.74, 6) is 1.69. The number of hydrogen-bond donors (Lipinski definition) is 5. The molecule has 0 atom stereocenters. The van der Waals surface area contributed by atoms with Crippen molar-refractivity contribution in [2.75, 3.05) is 37.4 Å². The predicted octanol–water partition coefficient (Wildman–Crippen LogP) is 4.67. The maximum absolute atomic E-state index is 12.1. The van der Waals surface area contributed by atoms with Gasteiger partial charge in [-0.15, -0.1) is 0 Å². The number of aromatic nitrogens is 2. The number of ether oxygens (including phenoxy) is 1. The van der Waals surface area contributed by atoms with Gasteiger partial charge < -0.3 is 10.1 Å². The molecule has 48 heavy (non-hydrogen) atoms. The van der Waals surface area contributed by atoms with E-state index in [9.17, 15) is 16.8 Å². The van der Waals surface area contributed by atoms with Crippen LogP contribution in [0.15, 0.2) is 92.8 Å². The zero-order valence-corrected chi connectivity index (χ0v) is 29.1. The number of anilines is 4. The molecule has 0 radical (unpaired) electrons. The van der Waals surface area contributed by atoms with Gasteiger partial charge in [-0.1, -0.05) is 49.7 Å². The molecule has 1 aromatic heterocycles. The lowest BCUT2D eigenvalue weighted by Gasteiger charge is -2.16. The van der Waals surface area contributed by atoms with Crippen LogP contribution in [-0.4, -0.2) is 59.4 Å². The standard InChI is InChI=1S/C32H39N9O5S2/c1-7-10-27-30(40-38-21(2)23-13-17-25(18-14-23)47(42,43)33-4)36-32(35-28-11-8-9-12-29(28)46-6)37-31(27)41-39-22(3)24-15-19-26(20-16-24)48(44,45)34-5/h8-9,11-20,33-34H,7,10H2,1-6H3,(H3,35,36,37,40,41). The molecule has 1 heterocycles. The summed E-state index contributed by atoms with van der Waals surface area (Å²) < 4.78 is 58.7. The van der Waals surface area contributed by atoms with Crippen LogP contribution in [-0.2, 0) is 26.5 Å². The SMILES string of the molecule is CCCc1c(NN=C(C)c2ccc(S(=O)(=O)NC)cc2)nc(Nc2ccccc2OC)nc1NN=C(C)c1ccc(S(=O)(=O)NC)cc1. The summed E-state index contributed by atoms with van der Waals surface area (Å²) >= 11 is 0. The van der Waals surface area contributed by atoms with Crippen molar-refractivity contribution in [3.63, 3.8) is 0 Å². The monoisotopic (exact) mass is 693 g/mol. The Kier molecular flexibility index (Phi) is 11.8. The van der Waals surface area contributed by atoms with Gasteiger partial charge in [0.2, 0.25) is 26.0 Å². The lowest BCUT2D eigenvalue weighted by molar-refractivity contribution is 0.417. The topological polar surface area (TPSA) is 188 Å². The van der Waals surface area contributed by atoms with Gasteiger partial charge in [-0.25, -0.2) is 26.3 Å². The van der Waals surface area contributed by atoms with Crippen molar-refractivity contribution >= 4 is 54.7 Å². The third-order valence-electron chi connectivity index (χ3n) is 7.22. The molecule has 0 saturated heterocycles. The molecule has 0 fully saturated rings. The van der Waals surface area contributed by atoms with E-state index in [0.29, 0.717) is 52.0 Å². The van der Waals surface area contributed by atoms with Crippen LogP contribution in [0.2, 0.25) is 0 Å². The van der Waals surface area contributed by atoms with E-state index >= 15 is 0 Å². The highest BCUT2D eigenvalue weighted by molar-refractivity contribution is 7.89. The van der Waals surface area contributed by atoms with Crippen LogP contribution in [0.5, 0.6) is 5.75 Å². The van der Waals surface area contributed by atoms with Gasteiger partial charge in [0.25, 0.3) is 0 Å². The Morgan fingerprint density at radius 2 is 1.19 bits per heavy atom. The number of hydrogen-bond acceptors (Lipinski definition) is 12. The minimum absolute atomic E-state index is 0.146. The zero-order chi connectivity index (χ0) is 34.9. The summed E-state index contributed by atoms with van der Waals surface area (Å²) in [7, 11) is -2.85. The lowest BCUT2D eigenvalue weighted by Crippen LogP contribution is -2.18. The molecule has 254 valence electrons. The fourth-order valence-electron chi connectivity index (χ4n) is 4.47. The number of nitrogens with one attached hydrogen (secondary N) is 5. The zero-order valence-electron chi connectivity index (χ0n) is 27.5. The Balaban J connectivity index is 1.72. The first kappa shape index (κ1) is 35.9. The van der Waals surface area contributed by atoms with Crippen molar-refractivity contribution in [1.29, 1.82) is 0 Å². The molecule has 4 rings (SSSR count). The van der Waals surface area contributed by atoms with Crippen molar-refractivity contribution in [2.45, 2.75) is 43.4 Å². The Morgan fingerprint density at radius 3 is 1.60 bits per heavy atom. The summed E-state index contributed by atoms with van der Waals surface area (Å²) in [5.41, 5.74) is 10.1. The van der Waals surface area contributed by atoms with Crippen LogP contribution in [0.4, 0.5) is 23.3 Å². The Morgan fingerprint density at radius 1 is 0.729 bits per heavy atom. The molecule has 14 nitrogen and oxygen atoms in total. The first-order valence-corrected chi connectivity index (χ1v) is 17.9. The Hall–Kier alpha value is -4.90. The van der Waals surface area contributed by atoms with Crippen LogP contribution in [0, 0.1) is 0 Å². The van der Waals surface area contributed by atoms with E-state index in [-0.39, 0.29) is 15.7 Å². The number of nitrogens with zero attached hydrogens (tertiary/aromatic N) is 4. The number of hydrazone groups is 2. The minimum Gasteiger partial charge on any atom is -0.495 e. The van der Waals surface area contributed by atoms with Crippen molar-refractivity contribution < 1.29 is 21.6 Å². The van der Waals surface area contributed by atoms with Gasteiger partial charge in [0, 0.05) is 5.56 Å². The molecule has 0 aliphatic heterocycles. The van der Waals surface area contributed by atoms with E-state index in [2.05, 4.69) is 35.8 Å². The van der Waals surface area contributed by atoms with E-state index in [1.54, 1.807) is 45.2 Å². The molecule has 0 saturated carbocycles. The van der Waals surface area contributed by atoms with Gasteiger partial charge >= 0.3 is 0 Å². The van der Waals surface area contributed by atoms with Crippen LogP contribution >= 0.6 is 0 Å². The highest BCUT2D eigenvalue weighted by Crippen LogP contribution is 2.30. The van der Waals surface area contributed by atoms with Gasteiger partial charge in [-0.05, 0) is 81.9 Å². The second-order valence-corrected chi connectivity index (χ2v) is 14.2. The maximum Gasteiger partial charge on any atom is 0.240 e. The summed E-state index contributed by atoms with van der Waals surface area (Å²) in [6.45, 7) is 5.62. The smallest absolute Gasteiger partial charge is 0.240 e. The first-order valence-electron chi connectivity index (χ1n) is 14.9. The molecule has 16 heteroatoms. The molecular formula is C32H39N9O5S2. The normalized spacial score (nSPS) is 12.5. The number of sulfonamides is 2. The highest BCUT2D eigenvalue weighted by atomic mass is 32.2. The van der Waals surface area contributed by atoms with E-state index in [0.717, 1.165) is 12.0 Å². The molecule has 0 bridgehead atoms. The second kappa shape index (κ2) is 15.8. The fraction of sp³-hybridized carbons (Fsp3) is 0.250. The van der Waals surface area contributed by atoms with Crippen LogP contribution in [0.1, 0.15) is 43.9 Å². The molecule has 3 aromatic carbocycles. The number of para-hydroxylation sites is 2. The lowest BCUT2D eigenvalue weighted by atomic mass is 10.1. The largest absolute Gasteiger partial charge is 0.495 e. The third kappa shape index (κ3) is 8.71. The van der Waals surface area contributed by atoms with Crippen LogP contribution in [0.25, 0.3) is 0 Å². The average molecular weight is 694 g/mol. The van der Waals surface area contributed by atoms with Gasteiger partial charge in [-0.3, -0.25) is 10.9 Å². The predicted molar refractivity (Wildman–Crippen MR) is 189 cm³/mol. The van der Waals surface area contributed by atoms with Crippen molar-refractivity contribution in [2.24, 2.45) is 10.2 Å². The van der Waals surface area contributed by atoms with E-state index in [4.69, 9.17) is 14.7 Å². The van der Waals surface area contributed by atoms with E-state index < -0.39 is 20.0 Å². The molecule has 0 aliphatic rings. The molecule has 0 spiro atoms. The minimum atomic E-state index is -3.57. The van der Waals surface area contributed by atoms with Crippen molar-refractivity contribution in [3.05, 3.63) is 89.5 Å². The van der Waals surface area contributed by atoms with E-state index in [1.165, 1.54) is 38.4 Å². The summed E-state index contributed by atoms with van der Waals surface area (Å²) in [5, 5.41) is 12.3. The summed E-state index contributed by atoms with van der Waals surface area (Å²) in [4.78, 5) is 9.77. The maximum atomic E-state index is 12.1. The molecule has 5 N–H and O–H groups in total. The summed E-state index contributed by atoms with van der Waals surface area (Å²) in [6, 6.07) is 20.1. The molecule has 0 amide bonds. The van der Waals surface area contributed by atoms with Gasteiger partial charge in [0.1, 0.15) is 5.75 Å². The number of methoxy groups -OCH3 is 1. The number of rotatable bonds is 15.